The molecular weight excluding hydrogens is 252 g/mol. The van der Waals surface area contributed by atoms with Crippen molar-refractivity contribution in [3.05, 3.63) is 18.0 Å². The maximum Gasteiger partial charge on any atom is 0.0848 e. The van der Waals surface area contributed by atoms with Gasteiger partial charge in [-0.05, 0) is 38.2 Å². The van der Waals surface area contributed by atoms with Gasteiger partial charge in [0, 0.05) is 19.9 Å². The summed E-state index contributed by atoms with van der Waals surface area (Å²) >= 11 is 0. The first-order chi connectivity index (χ1) is 9.70. The topological polar surface area (TPSA) is 65.1 Å². The van der Waals surface area contributed by atoms with Crippen LogP contribution < -0.4 is 11.3 Å². The lowest BCUT2D eigenvalue weighted by molar-refractivity contribution is -0.0914. The van der Waals surface area contributed by atoms with Gasteiger partial charge in [0.25, 0.3) is 0 Å². The average Bonchev–Trinajstić information content (AvgIpc) is 2.86. The Kier molecular flexibility index (Phi) is 5.57. The second-order valence-corrected chi connectivity index (χ2v) is 5.84. The van der Waals surface area contributed by atoms with Crippen LogP contribution in [0.5, 0.6) is 0 Å². The van der Waals surface area contributed by atoms with E-state index in [1.807, 2.05) is 17.9 Å². The first-order valence-corrected chi connectivity index (χ1v) is 7.78. The molecule has 0 spiro atoms. The predicted molar refractivity (Wildman–Crippen MR) is 80.1 cm³/mol. The molecule has 1 fully saturated rings. The summed E-state index contributed by atoms with van der Waals surface area (Å²) in [6.45, 7) is 2.83. The molecule has 2 rings (SSSR count). The van der Waals surface area contributed by atoms with Crippen LogP contribution in [0.4, 0.5) is 0 Å². The number of nitrogens with two attached hydrogens (primary N) is 1. The summed E-state index contributed by atoms with van der Waals surface area (Å²) in [7, 11) is 1.95. The number of hydrogen-bond acceptors (Lipinski definition) is 4. The van der Waals surface area contributed by atoms with Crippen LogP contribution in [0.2, 0.25) is 0 Å². The molecule has 1 aliphatic carbocycles. The summed E-state index contributed by atoms with van der Waals surface area (Å²) in [5.41, 5.74) is 4.20. The van der Waals surface area contributed by atoms with E-state index in [1.54, 1.807) is 0 Å². The van der Waals surface area contributed by atoms with Crippen molar-refractivity contribution in [3.8, 4) is 0 Å². The number of nitrogens with zero attached hydrogens (tertiary/aromatic N) is 2. The molecule has 3 N–H and O–H groups in total. The van der Waals surface area contributed by atoms with E-state index in [9.17, 15) is 0 Å². The van der Waals surface area contributed by atoms with Crippen molar-refractivity contribution >= 4 is 0 Å². The van der Waals surface area contributed by atoms with E-state index in [1.165, 1.54) is 24.8 Å². The molecule has 1 aliphatic rings. The highest BCUT2D eigenvalue weighted by molar-refractivity contribution is 5.05. The van der Waals surface area contributed by atoms with Crippen LogP contribution in [0.25, 0.3) is 0 Å². The van der Waals surface area contributed by atoms with Gasteiger partial charge in [0.15, 0.2) is 0 Å². The SMILES string of the molecule is CCOC1(C(CCc2cnn(C)c2)NN)CCCCC1. The molecule has 0 aromatic carbocycles. The molecule has 1 heterocycles. The quantitative estimate of drug-likeness (QED) is 0.591. The van der Waals surface area contributed by atoms with Crippen LogP contribution in [0.1, 0.15) is 51.0 Å². The van der Waals surface area contributed by atoms with E-state index in [0.29, 0.717) is 0 Å². The average molecular weight is 280 g/mol. The lowest BCUT2D eigenvalue weighted by atomic mass is 9.77. The van der Waals surface area contributed by atoms with Gasteiger partial charge in [-0.15, -0.1) is 0 Å². The molecule has 0 amide bonds. The van der Waals surface area contributed by atoms with Crippen molar-refractivity contribution < 1.29 is 4.74 Å². The van der Waals surface area contributed by atoms with Gasteiger partial charge in [-0.3, -0.25) is 16.0 Å². The van der Waals surface area contributed by atoms with Crippen LogP contribution in [0.15, 0.2) is 12.4 Å². The van der Waals surface area contributed by atoms with Gasteiger partial charge in [0.05, 0.1) is 17.8 Å². The lowest BCUT2D eigenvalue weighted by Crippen LogP contribution is -2.56. The van der Waals surface area contributed by atoms with Gasteiger partial charge < -0.3 is 4.74 Å². The molecule has 1 aromatic rings. The number of ether oxygens (including phenoxy) is 1. The predicted octanol–water partition coefficient (Wildman–Crippen LogP) is 1.92. The molecule has 5 heteroatoms. The second-order valence-electron chi connectivity index (χ2n) is 5.84. The number of nitrogens with one attached hydrogen (secondary N) is 1. The Morgan fingerprint density at radius 2 is 2.20 bits per heavy atom. The number of aromatic nitrogens is 2. The molecule has 0 aliphatic heterocycles. The number of hydrazine groups is 1. The summed E-state index contributed by atoms with van der Waals surface area (Å²) in [5, 5.41) is 4.22. The summed E-state index contributed by atoms with van der Waals surface area (Å²) in [6, 6.07) is 0.211. The van der Waals surface area contributed by atoms with E-state index < -0.39 is 0 Å². The van der Waals surface area contributed by atoms with Gasteiger partial charge in [-0.1, -0.05) is 19.3 Å². The Hall–Kier alpha value is -0.910. The van der Waals surface area contributed by atoms with Crippen LogP contribution in [-0.2, 0) is 18.2 Å². The van der Waals surface area contributed by atoms with Crippen LogP contribution >= 0.6 is 0 Å². The minimum absolute atomic E-state index is 0.0794. The summed E-state index contributed by atoms with van der Waals surface area (Å²) < 4.78 is 8.00. The van der Waals surface area contributed by atoms with Crippen LogP contribution in [0, 0.1) is 0 Å². The molecule has 0 radical (unpaired) electrons. The zero-order chi connectivity index (χ0) is 14.4. The monoisotopic (exact) mass is 280 g/mol. The van der Waals surface area contributed by atoms with Crippen molar-refractivity contribution in [2.75, 3.05) is 6.61 Å². The van der Waals surface area contributed by atoms with Crippen molar-refractivity contribution in [1.82, 2.24) is 15.2 Å². The van der Waals surface area contributed by atoms with Crippen molar-refractivity contribution in [2.45, 2.75) is 63.5 Å². The molecule has 0 bridgehead atoms. The van der Waals surface area contributed by atoms with Gasteiger partial charge in [-0.25, -0.2) is 0 Å². The second kappa shape index (κ2) is 7.20. The third kappa shape index (κ3) is 3.59. The lowest BCUT2D eigenvalue weighted by Gasteiger charge is -2.43. The first kappa shape index (κ1) is 15.5. The summed E-state index contributed by atoms with van der Waals surface area (Å²) in [6.07, 6.45) is 12.0. The van der Waals surface area contributed by atoms with Gasteiger partial charge in [0.2, 0.25) is 0 Å². The molecule has 1 unspecified atom stereocenters. The fourth-order valence-electron chi connectivity index (χ4n) is 3.44. The number of hydrogen-bond donors (Lipinski definition) is 2. The normalized spacial score (nSPS) is 19.9. The fourth-order valence-corrected chi connectivity index (χ4v) is 3.44. The minimum atomic E-state index is -0.0794. The standard InChI is InChI=1S/C15H28N4O/c1-3-20-15(9-5-4-6-10-15)14(18-16)8-7-13-11-17-19(2)12-13/h11-12,14,18H,3-10,16H2,1-2H3. The minimum Gasteiger partial charge on any atom is -0.374 e. The van der Waals surface area contributed by atoms with Crippen LogP contribution in [0.3, 0.4) is 0 Å². The van der Waals surface area contributed by atoms with Gasteiger partial charge in [-0.2, -0.15) is 5.10 Å². The number of aryl methyl sites for hydroxylation is 2. The van der Waals surface area contributed by atoms with Crippen LogP contribution in [-0.4, -0.2) is 28.0 Å². The maximum atomic E-state index is 6.15. The molecule has 5 nitrogen and oxygen atoms in total. The van der Waals surface area contributed by atoms with Crippen molar-refractivity contribution in [2.24, 2.45) is 12.9 Å². The van der Waals surface area contributed by atoms with Crippen molar-refractivity contribution in [1.29, 1.82) is 0 Å². The molecule has 20 heavy (non-hydrogen) atoms. The Morgan fingerprint density at radius 3 is 2.75 bits per heavy atom. The highest BCUT2D eigenvalue weighted by Crippen LogP contribution is 2.36. The summed E-state index contributed by atoms with van der Waals surface area (Å²) in [4.78, 5) is 0. The Labute approximate surface area is 121 Å². The van der Waals surface area contributed by atoms with Gasteiger partial charge in [0.1, 0.15) is 0 Å². The highest BCUT2D eigenvalue weighted by Gasteiger charge is 2.39. The molecule has 1 aromatic heterocycles. The number of rotatable bonds is 7. The molecule has 1 saturated carbocycles. The largest absolute Gasteiger partial charge is 0.374 e. The van der Waals surface area contributed by atoms with E-state index in [-0.39, 0.29) is 11.6 Å². The molecule has 0 saturated heterocycles. The molecule has 114 valence electrons. The van der Waals surface area contributed by atoms with Gasteiger partial charge >= 0.3 is 0 Å². The Morgan fingerprint density at radius 1 is 1.45 bits per heavy atom. The Balaban J connectivity index is 2.00. The third-order valence-corrected chi connectivity index (χ3v) is 4.45. The zero-order valence-electron chi connectivity index (χ0n) is 12.8. The maximum absolute atomic E-state index is 6.15. The van der Waals surface area contributed by atoms with E-state index in [4.69, 9.17) is 10.6 Å². The fraction of sp³-hybridized carbons (Fsp3) is 0.800. The Bertz CT molecular complexity index is 393. The van der Waals surface area contributed by atoms with E-state index >= 15 is 0 Å². The molecule has 1 atom stereocenters. The zero-order valence-corrected chi connectivity index (χ0v) is 12.8. The first-order valence-electron chi connectivity index (χ1n) is 7.78. The smallest absolute Gasteiger partial charge is 0.0848 e. The summed E-state index contributed by atoms with van der Waals surface area (Å²) in [5.74, 6) is 5.84. The van der Waals surface area contributed by atoms with Crippen molar-refractivity contribution in [3.63, 3.8) is 0 Å². The van der Waals surface area contributed by atoms with E-state index in [2.05, 4.69) is 23.6 Å². The van der Waals surface area contributed by atoms with E-state index in [0.717, 1.165) is 32.3 Å². The molecular formula is C15H28N4O. The highest BCUT2D eigenvalue weighted by atomic mass is 16.5. The third-order valence-electron chi connectivity index (χ3n) is 4.45.